The van der Waals surface area contributed by atoms with Crippen LogP contribution in [0.4, 0.5) is 0 Å². The molecular weight excluding hydrogens is 212 g/mol. The highest BCUT2D eigenvalue weighted by Crippen LogP contribution is 1.63. The lowest BCUT2D eigenvalue weighted by atomic mass is 10.5. The van der Waals surface area contributed by atoms with E-state index in [9.17, 15) is 9.59 Å². The van der Waals surface area contributed by atoms with E-state index in [0.29, 0.717) is 13.1 Å². The van der Waals surface area contributed by atoms with Crippen LogP contribution in [0, 0.1) is 0 Å². The van der Waals surface area contributed by atoms with Crippen molar-refractivity contribution in [2.24, 2.45) is 0 Å². The fourth-order valence-electron chi connectivity index (χ4n) is 0.503. The molecule has 0 aliphatic carbocycles. The molecule has 0 spiro atoms. The molecule has 0 aromatic heterocycles. The fourth-order valence-corrected chi connectivity index (χ4v) is 0.503. The summed E-state index contributed by atoms with van der Waals surface area (Å²) in [5.41, 5.74) is 0. The molecular formula is C10H18N2O4. The summed E-state index contributed by atoms with van der Waals surface area (Å²) >= 11 is 0. The van der Waals surface area contributed by atoms with Gasteiger partial charge in [0, 0.05) is 13.1 Å². The van der Waals surface area contributed by atoms with E-state index in [1.807, 2.05) is 0 Å². The van der Waals surface area contributed by atoms with Crippen molar-refractivity contribution in [2.75, 3.05) is 26.3 Å². The second-order valence-electron chi connectivity index (χ2n) is 2.44. The maximum absolute atomic E-state index is 10.2. The molecule has 92 valence electrons. The molecule has 6 heteroatoms. The topological polar surface area (TPSA) is 98.7 Å². The molecule has 0 atom stereocenters. The van der Waals surface area contributed by atoms with Crippen molar-refractivity contribution in [2.45, 2.75) is 0 Å². The average molecular weight is 230 g/mol. The van der Waals surface area contributed by atoms with Gasteiger partial charge in [-0.3, -0.25) is 9.59 Å². The second-order valence-corrected chi connectivity index (χ2v) is 2.44. The monoisotopic (exact) mass is 230 g/mol. The molecule has 0 unspecified atom stereocenters. The van der Waals surface area contributed by atoms with Crippen molar-refractivity contribution in [3.05, 3.63) is 25.3 Å². The molecule has 0 rings (SSSR count). The number of aliphatic hydroxyl groups excluding tert-OH is 2. The Hall–Kier alpha value is -1.66. The molecule has 0 aliphatic rings. The smallest absolute Gasteiger partial charge is 0.243 e. The summed E-state index contributed by atoms with van der Waals surface area (Å²) in [5.74, 6) is -0.502. The first-order valence-corrected chi connectivity index (χ1v) is 4.64. The summed E-state index contributed by atoms with van der Waals surface area (Å²) < 4.78 is 0. The van der Waals surface area contributed by atoms with Crippen LogP contribution >= 0.6 is 0 Å². The zero-order valence-electron chi connectivity index (χ0n) is 9.11. The van der Waals surface area contributed by atoms with Gasteiger partial charge in [0.15, 0.2) is 0 Å². The van der Waals surface area contributed by atoms with E-state index in [1.54, 1.807) is 0 Å². The summed E-state index contributed by atoms with van der Waals surface area (Å²) in [6, 6.07) is 0. The standard InChI is InChI=1S/2C5H9NO2/c2*1-2-5(8)6-3-4-7/h2*2,7H,1,3-4H2,(H,6,8). The van der Waals surface area contributed by atoms with Crippen molar-refractivity contribution in [1.82, 2.24) is 10.6 Å². The third-order valence-electron chi connectivity index (χ3n) is 1.19. The SMILES string of the molecule is C=CC(=O)NCCO.C=CC(=O)NCCO. The van der Waals surface area contributed by atoms with Gasteiger partial charge >= 0.3 is 0 Å². The molecule has 0 aliphatic heterocycles. The van der Waals surface area contributed by atoms with Gasteiger partial charge in [0.25, 0.3) is 0 Å². The number of hydrogen-bond donors (Lipinski definition) is 4. The summed E-state index contributed by atoms with van der Waals surface area (Å²) in [5, 5.41) is 21.1. The zero-order valence-corrected chi connectivity index (χ0v) is 9.11. The van der Waals surface area contributed by atoms with Crippen LogP contribution in [0.5, 0.6) is 0 Å². The number of carbonyl (C=O) groups excluding carboxylic acids is 2. The van der Waals surface area contributed by atoms with Gasteiger partial charge in [-0.1, -0.05) is 13.2 Å². The van der Waals surface area contributed by atoms with Crippen LogP contribution < -0.4 is 10.6 Å². The molecule has 0 radical (unpaired) electrons. The first kappa shape index (κ1) is 16.8. The van der Waals surface area contributed by atoms with Gasteiger partial charge in [-0.05, 0) is 12.2 Å². The van der Waals surface area contributed by atoms with E-state index >= 15 is 0 Å². The summed E-state index contributed by atoms with van der Waals surface area (Å²) in [6.07, 6.45) is 2.32. The van der Waals surface area contributed by atoms with Gasteiger partial charge in [-0.2, -0.15) is 0 Å². The normalized spacial score (nSPS) is 8.12. The van der Waals surface area contributed by atoms with Crippen LogP contribution in [0.25, 0.3) is 0 Å². The van der Waals surface area contributed by atoms with Crippen LogP contribution in [0.1, 0.15) is 0 Å². The lowest BCUT2D eigenvalue weighted by Gasteiger charge is -1.94. The Kier molecular flexibility index (Phi) is 14.0. The summed E-state index contributed by atoms with van der Waals surface area (Å²) in [7, 11) is 0. The highest BCUT2D eigenvalue weighted by atomic mass is 16.3. The van der Waals surface area contributed by atoms with Crippen LogP contribution in [0.2, 0.25) is 0 Å². The van der Waals surface area contributed by atoms with E-state index in [1.165, 1.54) is 0 Å². The number of amides is 2. The average Bonchev–Trinajstić information content (AvgIpc) is 2.33. The van der Waals surface area contributed by atoms with Gasteiger partial charge in [0.2, 0.25) is 11.8 Å². The van der Waals surface area contributed by atoms with E-state index < -0.39 is 0 Å². The minimum absolute atomic E-state index is 0.0282. The molecule has 6 nitrogen and oxygen atoms in total. The highest BCUT2D eigenvalue weighted by Gasteiger charge is 1.88. The molecule has 0 aromatic carbocycles. The van der Waals surface area contributed by atoms with Gasteiger partial charge in [-0.15, -0.1) is 0 Å². The van der Waals surface area contributed by atoms with Crippen LogP contribution in [-0.2, 0) is 9.59 Å². The predicted octanol–water partition coefficient (Wildman–Crippen LogP) is -1.44. The van der Waals surface area contributed by atoms with E-state index in [4.69, 9.17) is 10.2 Å². The molecule has 0 heterocycles. The van der Waals surface area contributed by atoms with Crippen molar-refractivity contribution in [3.63, 3.8) is 0 Å². The van der Waals surface area contributed by atoms with Gasteiger partial charge in [-0.25, -0.2) is 0 Å². The molecule has 16 heavy (non-hydrogen) atoms. The minimum Gasteiger partial charge on any atom is -0.395 e. The van der Waals surface area contributed by atoms with Crippen LogP contribution in [0.3, 0.4) is 0 Å². The third kappa shape index (κ3) is 14.8. The van der Waals surface area contributed by atoms with Crippen molar-refractivity contribution >= 4 is 11.8 Å². The molecule has 0 aromatic rings. The number of carbonyl (C=O) groups is 2. The molecule has 4 N–H and O–H groups in total. The van der Waals surface area contributed by atoms with E-state index in [0.717, 1.165) is 12.2 Å². The highest BCUT2D eigenvalue weighted by molar-refractivity contribution is 5.87. The minimum atomic E-state index is -0.251. The maximum atomic E-state index is 10.2. The first-order chi connectivity index (χ1) is 7.62. The molecule has 0 bridgehead atoms. The molecule has 0 saturated carbocycles. The number of hydrogen-bond acceptors (Lipinski definition) is 4. The van der Waals surface area contributed by atoms with Gasteiger partial charge in [0.05, 0.1) is 13.2 Å². The van der Waals surface area contributed by atoms with Crippen molar-refractivity contribution in [1.29, 1.82) is 0 Å². The Balaban J connectivity index is 0. The van der Waals surface area contributed by atoms with Gasteiger partial charge in [0.1, 0.15) is 0 Å². The number of aliphatic hydroxyl groups is 2. The summed E-state index contributed by atoms with van der Waals surface area (Å²) in [4.78, 5) is 20.5. The first-order valence-electron chi connectivity index (χ1n) is 4.64. The zero-order chi connectivity index (χ0) is 12.8. The fraction of sp³-hybridized carbons (Fsp3) is 0.400. The Labute approximate surface area is 94.7 Å². The van der Waals surface area contributed by atoms with Crippen molar-refractivity contribution < 1.29 is 19.8 Å². The van der Waals surface area contributed by atoms with E-state index in [-0.39, 0.29) is 25.0 Å². The van der Waals surface area contributed by atoms with Crippen molar-refractivity contribution in [3.8, 4) is 0 Å². The van der Waals surface area contributed by atoms with E-state index in [2.05, 4.69) is 23.8 Å². The van der Waals surface area contributed by atoms with Crippen LogP contribution in [-0.4, -0.2) is 48.3 Å². The summed E-state index contributed by atoms with van der Waals surface area (Å²) in [6.45, 7) is 6.98. The molecule has 2 amide bonds. The lowest BCUT2D eigenvalue weighted by Crippen LogP contribution is -2.23. The quantitative estimate of drug-likeness (QED) is 0.420. The third-order valence-corrected chi connectivity index (χ3v) is 1.19. The Morgan fingerprint density at radius 3 is 1.44 bits per heavy atom. The Morgan fingerprint density at radius 2 is 1.25 bits per heavy atom. The lowest BCUT2D eigenvalue weighted by molar-refractivity contribution is -0.117. The number of nitrogens with one attached hydrogen (secondary N) is 2. The number of rotatable bonds is 6. The van der Waals surface area contributed by atoms with Crippen LogP contribution in [0.15, 0.2) is 25.3 Å². The largest absolute Gasteiger partial charge is 0.395 e. The molecule has 0 fully saturated rings. The van der Waals surface area contributed by atoms with Gasteiger partial charge < -0.3 is 20.8 Å². The maximum Gasteiger partial charge on any atom is 0.243 e. The molecule has 0 saturated heterocycles. The predicted molar refractivity (Wildman–Crippen MR) is 60.6 cm³/mol. The Morgan fingerprint density at radius 1 is 0.938 bits per heavy atom. The second kappa shape index (κ2) is 13.3. The Bertz CT molecular complexity index is 205.